The fourth-order valence-corrected chi connectivity index (χ4v) is 3.44. The van der Waals surface area contributed by atoms with Gasteiger partial charge in [-0.05, 0) is 23.6 Å². The molecule has 14 heteroatoms. The first-order valence-electron chi connectivity index (χ1n) is 7.12. The molecule has 0 aliphatic heterocycles. The van der Waals surface area contributed by atoms with Gasteiger partial charge in [-0.25, -0.2) is 4.98 Å². The Morgan fingerprint density at radius 1 is 1.07 bits per heavy atom. The van der Waals surface area contributed by atoms with Crippen LogP contribution >= 0.6 is 0 Å². The van der Waals surface area contributed by atoms with Gasteiger partial charge in [0.05, 0.1) is 11.2 Å². The van der Waals surface area contributed by atoms with E-state index in [1.165, 1.54) is 0 Å². The number of nitrogens with one attached hydrogen (secondary N) is 1. The Labute approximate surface area is 164 Å². The van der Waals surface area contributed by atoms with Crippen LogP contribution in [0, 0.1) is 11.3 Å². The van der Waals surface area contributed by atoms with Crippen molar-refractivity contribution in [3.63, 3.8) is 0 Å². The highest BCUT2D eigenvalue weighted by molar-refractivity contribution is 7.86. The molecule has 0 aliphatic rings. The molecule has 0 amide bonds. The molecule has 1 aromatic heterocycles. The van der Waals surface area contributed by atoms with Crippen LogP contribution in [0.15, 0.2) is 50.6 Å². The molecule has 0 radical (unpaired) electrons. The van der Waals surface area contributed by atoms with Crippen molar-refractivity contribution >= 4 is 42.5 Å². The number of nitriles is 1. The molecule has 152 valence electrons. The highest BCUT2D eigenvalue weighted by atomic mass is 32.2. The first-order chi connectivity index (χ1) is 13.0. The second-order valence-electron chi connectivity index (χ2n) is 5.32. The Morgan fingerprint density at radius 3 is 2.34 bits per heavy atom. The fourth-order valence-electron chi connectivity index (χ4n) is 2.32. The summed E-state index contributed by atoms with van der Waals surface area (Å²) in [6.45, 7) is 0. The van der Waals surface area contributed by atoms with Gasteiger partial charge in [-0.1, -0.05) is 13.5 Å². The summed E-state index contributed by atoms with van der Waals surface area (Å²) in [6, 6.07) is 5.70. The van der Waals surface area contributed by atoms with Crippen molar-refractivity contribution in [2.24, 2.45) is 10.2 Å². The van der Waals surface area contributed by atoms with Crippen molar-refractivity contribution < 1.29 is 31.0 Å². The molecule has 0 atom stereocenters. The fraction of sp³-hybridized carbons (Fsp3) is 0.0667. The van der Waals surface area contributed by atoms with E-state index in [-0.39, 0.29) is 29.7 Å². The summed E-state index contributed by atoms with van der Waals surface area (Å²) >= 11 is 0. The summed E-state index contributed by atoms with van der Waals surface area (Å²) in [4.78, 5) is 4.75. The maximum atomic E-state index is 11.5. The number of H-pyrrole nitrogens is 1. The van der Waals surface area contributed by atoms with E-state index >= 15 is 0 Å². The van der Waals surface area contributed by atoms with Gasteiger partial charge in [0.2, 0.25) is 5.82 Å². The molecule has 0 spiro atoms. The average Bonchev–Trinajstić information content (AvgIpc) is 3.05. The topological polar surface area (TPSA) is 206 Å². The quantitative estimate of drug-likeness (QED) is 0.347. The van der Waals surface area contributed by atoms with Gasteiger partial charge in [-0.2, -0.15) is 22.1 Å². The van der Waals surface area contributed by atoms with E-state index in [4.69, 9.17) is 5.26 Å². The number of azo groups is 1. The van der Waals surface area contributed by atoms with E-state index in [0.29, 0.717) is 0 Å². The molecule has 0 saturated carbocycles. The lowest BCUT2D eigenvalue weighted by molar-refractivity contribution is 0.445. The molecule has 12 nitrogen and oxygen atoms in total. The lowest BCUT2D eigenvalue weighted by Gasteiger charge is -2.09. The normalized spacial score (nSPS) is 12.0. The lowest BCUT2D eigenvalue weighted by atomic mass is 10.1. The van der Waals surface area contributed by atoms with Crippen LogP contribution in [0.25, 0.3) is 10.8 Å². The molecule has 2 aromatic carbocycles. The molecule has 0 unspecified atom stereocenters. The number of phenolic OH excluding ortho intramolecular Hbond substituents is 1. The largest absolute Gasteiger partial charge is 0.504 e. The van der Waals surface area contributed by atoms with Gasteiger partial charge < -0.3 is 10.1 Å². The second kappa shape index (κ2) is 7.56. The predicted octanol–water partition coefficient (Wildman–Crippen LogP) is 2.69. The highest BCUT2D eigenvalue weighted by Crippen LogP contribution is 2.42. The van der Waals surface area contributed by atoms with E-state index in [1.54, 1.807) is 6.07 Å². The molecule has 1 heterocycles. The number of rotatable bonds is 4. The van der Waals surface area contributed by atoms with Crippen molar-refractivity contribution in [1.82, 2.24) is 9.97 Å². The van der Waals surface area contributed by atoms with Crippen LogP contribution in [0.5, 0.6) is 5.75 Å². The molecule has 0 bridgehead atoms. The van der Waals surface area contributed by atoms with Crippen molar-refractivity contribution in [2.45, 2.75) is 17.2 Å². The van der Waals surface area contributed by atoms with Crippen LogP contribution in [0.2, 0.25) is 0 Å². The van der Waals surface area contributed by atoms with Crippen LogP contribution < -0.4 is 0 Å². The number of phenols is 1. The summed E-state index contributed by atoms with van der Waals surface area (Å²) < 4.78 is 64.4. The summed E-state index contributed by atoms with van der Waals surface area (Å²) in [5.41, 5.74) is -0.598. The van der Waals surface area contributed by atoms with E-state index in [0.717, 1.165) is 30.6 Å². The summed E-state index contributed by atoms with van der Waals surface area (Å²) in [5, 5.41) is 26.5. The predicted molar refractivity (Wildman–Crippen MR) is 99.5 cm³/mol. The Morgan fingerprint density at radius 2 is 1.76 bits per heavy atom. The third-order valence-corrected chi connectivity index (χ3v) is 5.29. The minimum absolute atomic E-state index is 0. The van der Waals surface area contributed by atoms with Crippen molar-refractivity contribution in [2.75, 3.05) is 0 Å². The average molecular weight is 439 g/mol. The monoisotopic (exact) mass is 439 g/mol. The number of fused-ring (bicyclic) bond motifs is 1. The van der Waals surface area contributed by atoms with Crippen LogP contribution in [0.1, 0.15) is 13.1 Å². The number of nitrogens with zero attached hydrogens (tertiary/aromatic N) is 4. The SMILES string of the molecule is C.N#Cc1[nH]cnc1N=Nc1c(O)c(S(=O)(=O)O)cc2ccc(S(=O)(=O)O)cc12. The van der Waals surface area contributed by atoms with E-state index in [1.807, 2.05) is 0 Å². The van der Waals surface area contributed by atoms with Gasteiger partial charge in [-0.3, -0.25) is 9.11 Å². The smallest absolute Gasteiger partial charge is 0.298 e. The number of benzene rings is 2. The van der Waals surface area contributed by atoms with Crippen molar-refractivity contribution in [3.8, 4) is 11.8 Å². The summed E-state index contributed by atoms with van der Waals surface area (Å²) in [7, 11) is -9.48. The number of aromatic hydroxyl groups is 1. The zero-order chi connectivity index (χ0) is 20.7. The van der Waals surface area contributed by atoms with Crippen LogP contribution in [-0.2, 0) is 20.2 Å². The highest BCUT2D eigenvalue weighted by Gasteiger charge is 2.23. The molecular weight excluding hydrogens is 426 g/mol. The molecule has 29 heavy (non-hydrogen) atoms. The van der Waals surface area contributed by atoms with E-state index in [9.17, 15) is 31.0 Å². The van der Waals surface area contributed by atoms with E-state index < -0.39 is 41.5 Å². The third kappa shape index (κ3) is 4.22. The van der Waals surface area contributed by atoms with Crippen LogP contribution in [0.3, 0.4) is 0 Å². The first kappa shape index (κ1) is 21.9. The number of hydrogen-bond donors (Lipinski definition) is 4. The third-order valence-electron chi connectivity index (χ3n) is 3.58. The molecule has 3 aromatic rings. The lowest BCUT2D eigenvalue weighted by Crippen LogP contribution is -2.00. The molecule has 0 fully saturated rings. The molecule has 3 rings (SSSR count). The maximum Gasteiger partial charge on any atom is 0.298 e. The summed E-state index contributed by atoms with van der Waals surface area (Å²) in [5.74, 6) is -1.20. The molecular formula is C15H13N5O7S2. The number of hydrogen-bond acceptors (Lipinski definition) is 9. The maximum absolute atomic E-state index is 11.5. The number of aromatic amines is 1. The minimum Gasteiger partial charge on any atom is -0.504 e. The molecule has 4 N–H and O–H groups in total. The Balaban J connectivity index is 0.00000300. The van der Waals surface area contributed by atoms with E-state index in [2.05, 4.69) is 20.2 Å². The van der Waals surface area contributed by atoms with Gasteiger partial charge in [-0.15, -0.1) is 10.2 Å². The zero-order valence-electron chi connectivity index (χ0n) is 13.5. The van der Waals surface area contributed by atoms with Gasteiger partial charge >= 0.3 is 0 Å². The minimum atomic E-state index is -4.86. The van der Waals surface area contributed by atoms with Gasteiger partial charge in [0.25, 0.3) is 20.2 Å². The molecule has 0 saturated heterocycles. The second-order valence-corrected chi connectivity index (χ2v) is 8.13. The first-order valence-corrected chi connectivity index (χ1v) is 10.0. The molecule has 0 aliphatic carbocycles. The van der Waals surface area contributed by atoms with Crippen molar-refractivity contribution in [1.29, 1.82) is 5.26 Å². The summed E-state index contributed by atoms with van der Waals surface area (Å²) in [6.07, 6.45) is 1.15. The van der Waals surface area contributed by atoms with Gasteiger partial charge in [0, 0.05) is 5.39 Å². The van der Waals surface area contributed by atoms with Gasteiger partial charge in [0.1, 0.15) is 16.7 Å². The number of aromatic nitrogens is 2. The van der Waals surface area contributed by atoms with Crippen molar-refractivity contribution in [3.05, 3.63) is 36.3 Å². The van der Waals surface area contributed by atoms with Gasteiger partial charge in [0.15, 0.2) is 11.4 Å². The Hall–Kier alpha value is -3.38. The number of imidazole rings is 1. The van der Waals surface area contributed by atoms with Crippen LogP contribution in [0.4, 0.5) is 11.5 Å². The standard InChI is InChI=1S/C14H9N5O7S2.CH4/c15-5-10-14(17-6-16-10)19-18-12-9-4-8(27(21,22)23)2-1-7(9)3-11(13(12)20)28(24,25)26;/h1-4,6,20H,(H,16,17)(H,21,22,23)(H,24,25,26);1H4. The van der Waals surface area contributed by atoms with Crippen LogP contribution in [-0.4, -0.2) is 41.0 Å². The zero-order valence-corrected chi connectivity index (χ0v) is 15.1. The Kier molecular flexibility index (Phi) is 5.71. The Bertz CT molecular complexity index is 1390.